The summed E-state index contributed by atoms with van der Waals surface area (Å²) in [6.45, 7) is 0.357. The molecule has 2 rings (SSSR count). The van der Waals surface area contributed by atoms with Crippen LogP contribution in [0.15, 0.2) is 48.9 Å². The first kappa shape index (κ1) is 9.58. The summed E-state index contributed by atoms with van der Waals surface area (Å²) in [5.41, 5.74) is 0.580. The molecule has 1 N–H and O–H groups in total. The van der Waals surface area contributed by atoms with E-state index in [0.29, 0.717) is 18.0 Å². The average Bonchev–Trinajstić information content (AvgIpc) is 2.29. The molecule has 0 saturated heterocycles. The fourth-order valence-corrected chi connectivity index (χ4v) is 1.17. The maximum atomic E-state index is 13.2. The van der Waals surface area contributed by atoms with Gasteiger partial charge in [0.1, 0.15) is 18.3 Å². The van der Waals surface area contributed by atoms with Crippen molar-refractivity contribution in [2.24, 2.45) is 0 Å². The molecule has 0 fully saturated rings. The molecule has 0 unspecified atom stereocenters. The highest BCUT2D eigenvalue weighted by molar-refractivity contribution is 5.17. The number of nitrogens with one attached hydrogen (secondary N) is 1. The Morgan fingerprint density at radius 2 is 2.07 bits per heavy atom. The first-order valence-electron chi connectivity index (χ1n) is 4.51. The van der Waals surface area contributed by atoms with Gasteiger partial charge in [-0.1, -0.05) is 18.2 Å². The molecule has 0 spiro atoms. The molecule has 0 aromatic heterocycles. The second-order valence-electron chi connectivity index (χ2n) is 2.95. The Labute approximate surface area is 86.8 Å². The van der Waals surface area contributed by atoms with Crippen molar-refractivity contribution in [1.29, 1.82) is 0 Å². The minimum absolute atomic E-state index is 0.238. The van der Waals surface area contributed by atoms with Gasteiger partial charge in [0, 0.05) is 12.1 Å². The number of hydrogen-bond donors (Lipinski definition) is 1. The van der Waals surface area contributed by atoms with Crippen molar-refractivity contribution in [3.63, 3.8) is 0 Å². The number of benzene rings is 1. The summed E-state index contributed by atoms with van der Waals surface area (Å²) in [5.74, 6) is 0.221. The summed E-state index contributed by atoms with van der Waals surface area (Å²) in [6.07, 6.45) is 4.23. The van der Waals surface area contributed by atoms with Gasteiger partial charge in [-0.15, -0.1) is 0 Å². The Morgan fingerprint density at radius 3 is 2.80 bits per heavy atom. The monoisotopic (exact) mass is 207 g/mol. The molecule has 0 atom stereocenters. The van der Waals surface area contributed by atoms with E-state index >= 15 is 0 Å². The van der Waals surface area contributed by atoms with Crippen molar-refractivity contribution in [2.75, 3.05) is 0 Å². The van der Waals surface area contributed by atoms with Gasteiger partial charge in [0.2, 0.25) is 5.88 Å². The lowest BCUT2D eigenvalue weighted by Crippen LogP contribution is -2.16. The smallest absolute Gasteiger partial charge is 0.228 e. The highest BCUT2D eigenvalue weighted by Crippen LogP contribution is 2.08. The van der Waals surface area contributed by atoms with Gasteiger partial charge in [-0.2, -0.15) is 0 Å². The van der Waals surface area contributed by atoms with Gasteiger partial charge in [0.05, 0.1) is 0 Å². The van der Waals surface area contributed by atoms with E-state index in [9.17, 15) is 4.39 Å². The first-order valence-corrected chi connectivity index (χ1v) is 4.51. The van der Waals surface area contributed by atoms with Crippen molar-refractivity contribution in [3.8, 4) is 0 Å². The van der Waals surface area contributed by atoms with Gasteiger partial charge in [-0.05, 0) is 6.07 Å². The summed E-state index contributed by atoms with van der Waals surface area (Å²) in [6, 6.07) is 6.57. The summed E-state index contributed by atoms with van der Waals surface area (Å²) in [4.78, 5) is 0. The largest absolute Gasteiger partial charge is 0.464 e. The molecule has 4 heteroatoms. The van der Waals surface area contributed by atoms with Gasteiger partial charge in [0.25, 0.3) is 0 Å². The summed E-state index contributed by atoms with van der Waals surface area (Å²) in [7, 11) is 0. The molecule has 15 heavy (non-hydrogen) atoms. The summed E-state index contributed by atoms with van der Waals surface area (Å²) in [5, 5.41) is 2.90. The molecule has 1 aliphatic rings. The molecule has 78 valence electrons. The number of halogens is 1. The van der Waals surface area contributed by atoms with E-state index in [1.807, 2.05) is 0 Å². The third kappa shape index (κ3) is 2.49. The van der Waals surface area contributed by atoms with Crippen LogP contribution in [0.25, 0.3) is 0 Å². The standard InChI is InChI=1S/C11H10FNO2/c12-10-4-2-1-3-9(10)7-13-11-8-14-5-6-15-11/h1-6,8,13H,7H2. The van der Waals surface area contributed by atoms with Crippen LogP contribution in [-0.2, 0) is 16.0 Å². The van der Waals surface area contributed by atoms with E-state index < -0.39 is 0 Å². The molecule has 1 aromatic carbocycles. The topological polar surface area (TPSA) is 30.5 Å². The lowest BCUT2D eigenvalue weighted by molar-refractivity contribution is 0.233. The molecule has 0 amide bonds. The van der Waals surface area contributed by atoms with Crippen LogP contribution in [0.4, 0.5) is 4.39 Å². The van der Waals surface area contributed by atoms with Gasteiger partial charge < -0.3 is 14.8 Å². The van der Waals surface area contributed by atoms with Crippen molar-refractivity contribution < 1.29 is 13.9 Å². The molecule has 0 bridgehead atoms. The Kier molecular flexibility index (Phi) is 2.88. The van der Waals surface area contributed by atoms with E-state index in [2.05, 4.69) is 5.32 Å². The van der Waals surface area contributed by atoms with Crippen LogP contribution < -0.4 is 5.32 Å². The second kappa shape index (κ2) is 4.50. The molecular formula is C11H10FNO2. The highest BCUT2D eigenvalue weighted by Gasteiger charge is 2.03. The zero-order valence-electron chi connectivity index (χ0n) is 7.94. The zero-order valence-corrected chi connectivity index (χ0v) is 7.94. The van der Waals surface area contributed by atoms with Gasteiger partial charge in [0.15, 0.2) is 6.26 Å². The minimum atomic E-state index is -0.238. The SMILES string of the molecule is Fc1ccccc1CNC1=COC=CO1. The minimum Gasteiger partial charge on any atom is -0.464 e. The Morgan fingerprint density at radius 1 is 1.20 bits per heavy atom. The lowest BCUT2D eigenvalue weighted by atomic mass is 10.2. The highest BCUT2D eigenvalue weighted by atomic mass is 19.1. The van der Waals surface area contributed by atoms with E-state index in [4.69, 9.17) is 9.47 Å². The van der Waals surface area contributed by atoms with Crippen LogP contribution in [-0.4, -0.2) is 0 Å². The van der Waals surface area contributed by atoms with Crippen LogP contribution in [0, 0.1) is 5.82 Å². The van der Waals surface area contributed by atoms with E-state index in [-0.39, 0.29) is 5.82 Å². The predicted octanol–water partition coefficient (Wildman–Crippen LogP) is 2.23. The Hall–Kier alpha value is -1.97. The van der Waals surface area contributed by atoms with Crippen LogP contribution >= 0.6 is 0 Å². The number of rotatable bonds is 3. The van der Waals surface area contributed by atoms with Gasteiger partial charge in [-0.3, -0.25) is 0 Å². The number of ether oxygens (including phenoxy) is 2. The summed E-state index contributed by atoms with van der Waals surface area (Å²) >= 11 is 0. The molecule has 0 saturated carbocycles. The molecule has 1 heterocycles. The second-order valence-corrected chi connectivity index (χ2v) is 2.95. The fourth-order valence-electron chi connectivity index (χ4n) is 1.17. The average molecular weight is 207 g/mol. The van der Waals surface area contributed by atoms with Crippen LogP contribution in [0.2, 0.25) is 0 Å². The molecular weight excluding hydrogens is 197 g/mol. The molecule has 0 aliphatic carbocycles. The maximum Gasteiger partial charge on any atom is 0.228 e. The Bertz CT molecular complexity index is 401. The molecule has 1 aliphatic heterocycles. The predicted molar refractivity (Wildman–Crippen MR) is 52.6 cm³/mol. The maximum absolute atomic E-state index is 13.2. The molecule has 0 radical (unpaired) electrons. The Balaban J connectivity index is 1.93. The third-order valence-electron chi connectivity index (χ3n) is 1.92. The van der Waals surface area contributed by atoms with Crippen LogP contribution in [0.1, 0.15) is 5.56 Å². The zero-order chi connectivity index (χ0) is 10.5. The quantitative estimate of drug-likeness (QED) is 0.824. The van der Waals surface area contributed by atoms with Gasteiger partial charge >= 0.3 is 0 Å². The van der Waals surface area contributed by atoms with Gasteiger partial charge in [-0.25, -0.2) is 4.39 Å². The van der Waals surface area contributed by atoms with Crippen molar-refractivity contribution in [2.45, 2.75) is 6.54 Å². The number of hydrogen-bond acceptors (Lipinski definition) is 3. The van der Waals surface area contributed by atoms with E-state index in [0.717, 1.165) is 0 Å². The first-order chi connectivity index (χ1) is 7.36. The van der Waals surface area contributed by atoms with Crippen molar-refractivity contribution in [3.05, 3.63) is 60.3 Å². The summed E-state index contributed by atoms with van der Waals surface area (Å²) < 4.78 is 23.1. The molecule has 3 nitrogen and oxygen atoms in total. The van der Waals surface area contributed by atoms with Crippen LogP contribution in [0.5, 0.6) is 0 Å². The normalized spacial score (nSPS) is 13.8. The van der Waals surface area contributed by atoms with E-state index in [1.54, 1.807) is 18.2 Å². The third-order valence-corrected chi connectivity index (χ3v) is 1.92. The van der Waals surface area contributed by atoms with Crippen LogP contribution in [0.3, 0.4) is 0 Å². The van der Waals surface area contributed by atoms with Crippen molar-refractivity contribution in [1.82, 2.24) is 5.32 Å². The molecule has 1 aromatic rings. The lowest BCUT2D eigenvalue weighted by Gasteiger charge is -2.12. The van der Waals surface area contributed by atoms with Crippen molar-refractivity contribution >= 4 is 0 Å². The van der Waals surface area contributed by atoms with E-state index in [1.165, 1.54) is 24.9 Å². The fraction of sp³-hybridized carbons (Fsp3) is 0.0909.